The number of hydrogen-bond acceptors (Lipinski definition) is 5. The molecule has 1 aromatic heterocycles. The van der Waals surface area contributed by atoms with Crippen LogP contribution in [-0.4, -0.2) is 57.3 Å². The molecule has 2 aromatic carbocycles. The highest BCUT2D eigenvalue weighted by atomic mass is 19.4. The maximum Gasteiger partial charge on any atom is 0.490 e. The lowest BCUT2D eigenvalue weighted by molar-refractivity contribution is -0.192. The number of carboxylic acid groups (broad SMARTS) is 1. The number of likely N-dealkylation sites (tertiary alicyclic amines) is 1. The first-order chi connectivity index (χ1) is 17.7. The van der Waals surface area contributed by atoms with Crippen molar-refractivity contribution in [1.82, 2.24) is 15.1 Å². The summed E-state index contributed by atoms with van der Waals surface area (Å²) >= 11 is 0. The van der Waals surface area contributed by atoms with Gasteiger partial charge in [0.25, 0.3) is 0 Å². The van der Waals surface area contributed by atoms with E-state index >= 15 is 0 Å². The summed E-state index contributed by atoms with van der Waals surface area (Å²) in [5, 5.41) is 17.6. The molecular weight excluding hydrogens is 524 g/mol. The van der Waals surface area contributed by atoms with Gasteiger partial charge in [0.15, 0.2) is 0 Å². The number of halogens is 6. The van der Waals surface area contributed by atoms with Gasteiger partial charge in [0.05, 0.1) is 23.2 Å². The molecule has 38 heavy (non-hydrogen) atoms. The smallest absolute Gasteiger partial charge is 0.475 e. The van der Waals surface area contributed by atoms with Crippen LogP contribution in [0.5, 0.6) is 0 Å². The summed E-state index contributed by atoms with van der Waals surface area (Å²) in [6.07, 6.45) is -7.40. The van der Waals surface area contributed by atoms with Crippen LogP contribution in [0.15, 0.2) is 48.7 Å². The Morgan fingerprint density at radius 3 is 2.29 bits per heavy atom. The summed E-state index contributed by atoms with van der Waals surface area (Å²) in [5.41, 5.74) is 6.96. The minimum absolute atomic E-state index is 0.201. The van der Waals surface area contributed by atoms with Gasteiger partial charge >= 0.3 is 18.3 Å². The number of carbonyl (C=O) groups excluding carboxylic acids is 2. The largest absolute Gasteiger partial charge is 0.490 e. The van der Waals surface area contributed by atoms with Crippen LogP contribution in [0.2, 0.25) is 0 Å². The lowest BCUT2D eigenvalue weighted by atomic mass is 10.0. The number of nitrogens with zero attached hydrogens (tertiary/aromatic N) is 2. The molecular formula is C23H21F6N5O4. The molecule has 2 heterocycles. The molecule has 3 aromatic rings. The number of aromatic amines is 1. The molecule has 1 fully saturated rings. The highest BCUT2D eigenvalue weighted by molar-refractivity contribution is 5.95. The van der Waals surface area contributed by atoms with Crippen LogP contribution in [0, 0.1) is 5.92 Å². The highest BCUT2D eigenvalue weighted by Gasteiger charge is 2.38. The Bertz CT molecular complexity index is 1310. The van der Waals surface area contributed by atoms with E-state index < -0.39 is 41.8 Å². The monoisotopic (exact) mass is 545 g/mol. The van der Waals surface area contributed by atoms with Crippen molar-refractivity contribution in [2.45, 2.75) is 24.8 Å². The van der Waals surface area contributed by atoms with Crippen LogP contribution in [0.3, 0.4) is 0 Å². The summed E-state index contributed by atoms with van der Waals surface area (Å²) in [6, 6.07) is 8.50. The van der Waals surface area contributed by atoms with Crippen LogP contribution < -0.4 is 11.1 Å². The molecule has 1 aliphatic rings. The quantitative estimate of drug-likeness (QED) is 0.369. The zero-order chi connectivity index (χ0) is 28.3. The van der Waals surface area contributed by atoms with Crippen molar-refractivity contribution >= 4 is 34.4 Å². The van der Waals surface area contributed by atoms with Crippen LogP contribution in [-0.2, 0) is 20.6 Å². The van der Waals surface area contributed by atoms with Gasteiger partial charge in [-0.3, -0.25) is 14.7 Å². The molecule has 0 aliphatic carbocycles. The van der Waals surface area contributed by atoms with Gasteiger partial charge in [0.1, 0.15) is 6.04 Å². The van der Waals surface area contributed by atoms with Gasteiger partial charge in [-0.15, -0.1) is 0 Å². The fraction of sp³-hybridized carbons (Fsp3) is 0.304. The fourth-order valence-corrected chi connectivity index (χ4v) is 3.66. The van der Waals surface area contributed by atoms with Gasteiger partial charge in [0.2, 0.25) is 11.8 Å². The topological polar surface area (TPSA) is 141 Å². The van der Waals surface area contributed by atoms with Crippen LogP contribution in [0.25, 0.3) is 10.9 Å². The van der Waals surface area contributed by atoms with Crippen molar-refractivity contribution in [2.75, 3.05) is 18.4 Å². The summed E-state index contributed by atoms with van der Waals surface area (Å²) in [4.78, 5) is 35.7. The highest BCUT2D eigenvalue weighted by Crippen LogP contribution is 2.30. The number of aliphatic carboxylic acids is 1. The summed E-state index contributed by atoms with van der Waals surface area (Å²) < 4.78 is 69.9. The normalized spacial score (nSPS) is 16.5. The molecule has 15 heteroatoms. The second kappa shape index (κ2) is 11.1. The van der Waals surface area contributed by atoms with Gasteiger partial charge in [-0.05, 0) is 42.3 Å². The first kappa shape index (κ1) is 28.4. The zero-order valence-electron chi connectivity index (χ0n) is 19.3. The number of nitrogens with one attached hydrogen (secondary N) is 2. The third-order valence-corrected chi connectivity index (χ3v) is 5.68. The Balaban J connectivity index is 0.000000505. The first-order valence-corrected chi connectivity index (χ1v) is 10.9. The van der Waals surface area contributed by atoms with Crippen molar-refractivity contribution in [2.24, 2.45) is 11.7 Å². The molecule has 2 unspecified atom stereocenters. The van der Waals surface area contributed by atoms with Gasteiger partial charge < -0.3 is 21.1 Å². The minimum atomic E-state index is -5.08. The Hall–Kier alpha value is -4.14. The number of rotatable bonds is 4. The minimum Gasteiger partial charge on any atom is -0.475 e. The Labute approximate surface area is 210 Å². The van der Waals surface area contributed by atoms with Gasteiger partial charge in [0, 0.05) is 24.2 Å². The Morgan fingerprint density at radius 1 is 1.08 bits per heavy atom. The SMILES string of the molecule is NC(C(=O)N1CCC(C(=O)Nc2ccc3[nH]ncc3c2)C1)c1ccc(C(F)(F)F)cc1.O=C(O)C(F)(F)F. The fourth-order valence-electron chi connectivity index (χ4n) is 3.66. The van der Waals surface area contributed by atoms with E-state index in [1.807, 2.05) is 6.07 Å². The molecule has 0 spiro atoms. The summed E-state index contributed by atoms with van der Waals surface area (Å²) in [7, 11) is 0. The second-order valence-electron chi connectivity index (χ2n) is 8.33. The summed E-state index contributed by atoms with van der Waals surface area (Å²) in [5.74, 6) is -3.78. The van der Waals surface area contributed by atoms with E-state index in [-0.39, 0.29) is 12.5 Å². The molecule has 0 radical (unpaired) electrons. The van der Waals surface area contributed by atoms with Gasteiger partial charge in [-0.1, -0.05) is 12.1 Å². The van der Waals surface area contributed by atoms with Crippen LogP contribution >= 0.6 is 0 Å². The average Bonchev–Trinajstić information content (AvgIpc) is 3.52. The van der Waals surface area contributed by atoms with E-state index in [0.29, 0.717) is 24.2 Å². The van der Waals surface area contributed by atoms with E-state index in [1.54, 1.807) is 18.3 Å². The van der Waals surface area contributed by atoms with Crippen molar-refractivity contribution in [3.05, 3.63) is 59.8 Å². The number of carboxylic acids is 1. The van der Waals surface area contributed by atoms with E-state index in [1.165, 1.54) is 17.0 Å². The number of amides is 2. The average molecular weight is 545 g/mol. The summed E-state index contributed by atoms with van der Waals surface area (Å²) in [6.45, 7) is 0.555. The maximum atomic E-state index is 12.7. The third kappa shape index (κ3) is 7.00. The number of anilines is 1. The van der Waals surface area contributed by atoms with Crippen molar-refractivity contribution in [1.29, 1.82) is 0 Å². The standard InChI is InChI=1S/C21H20F3N5O2.C2HF3O2/c22-21(23,24)15-3-1-12(2-4-15)18(25)20(31)29-8-7-13(11-29)19(30)27-16-5-6-17-14(9-16)10-26-28-17;3-2(4,5)1(6)7/h1-6,9-10,13,18H,7-8,11,25H2,(H,26,28)(H,27,30);(H,6,7). The number of carbonyl (C=O) groups is 3. The molecule has 5 N–H and O–H groups in total. The van der Waals surface area contributed by atoms with Gasteiger partial charge in [-0.25, -0.2) is 4.79 Å². The van der Waals surface area contributed by atoms with E-state index in [9.17, 15) is 35.9 Å². The first-order valence-electron chi connectivity index (χ1n) is 10.9. The van der Waals surface area contributed by atoms with Crippen molar-refractivity contribution < 1.29 is 45.8 Å². The molecule has 204 valence electrons. The number of benzene rings is 2. The molecule has 0 bridgehead atoms. The Kier molecular flexibility index (Phi) is 8.29. The number of hydrogen-bond donors (Lipinski definition) is 4. The molecule has 9 nitrogen and oxygen atoms in total. The maximum absolute atomic E-state index is 12.7. The predicted molar refractivity (Wildman–Crippen MR) is 121 cm³/mol. The number of aromatic nitrogens is 2. The molecule has 1 aliphatic heterocycles. The Morgan fingerprint density at radius 2 is 1.71 bits per heavy atom. The van der Waals surface area contributed by atoms with Crippen LogP contribution in [0.4, 0.5) is 32.0 Å². The lowest BCUT2D eigenvalue weighted by Crippen LogP contribution is -2.38. The lowest BCUT2D eigenvalue weighted by Gasteiger charge is -2.21. The molecule has 2 atom stereocenters. The number of alkyl halides is 6. The molecule has 1 saturated heterocycles. The van der Waals surface area contributed by atoms with E-state index in [4.69, 9.17) is 15.6 Å². The molecule has 4 rings (SSSR count). The molecule has 0 saturated carbocycles. The number of fused-ring (bicyclic) bond motifs is 1. The van der Waals surface area contributed by atoms with E-state index in [2.05, 4.69) is 15.5 Å². The number of nitrogens with two attached hydrogens (primary N) is 1. The molecule has 2 amide bonds. The van der Waals surface area contributed by atoms with Crippen molar-refractivity contribution in [3.63, 3.8) is 0 Å². The van der Waals surface area contributed by atoms with Crippen molar-refractivity contribution in [3.8, 4) is 0 Å². The predicted octanol–water partition coefficient (Wildman–Crippen LogP) is 3.70. The van der Waals surface area contributed by atoms with E-state index in [0.717, 1.165) is 23.0 Å². The van der Waals surface area contributed by atoms with Gasteiger partial charge in [-0.2, -0.15) is 31.4 Å². The third-order valence-electron chi connectivity index (χ3n) is 5.68. The zero-order valence-corrected chi connectivity index (χ0v) is 19.3. The number of H-pyrrole nitrogens is 1. The van der Waals surface area contributed by atoms with Crippen LogP contribution in [0.1, 0.15) is 23.6 Å². The second-order valence-corrected chi connectivity index (χ2v) is 8.33.